The van der Waals surface area contributed by atoms with E-state index >= 15 is 0 Å². The summed E-state index contributed by atoms with van der Waals surface area (Å²) in [5.74, 6) is 0. The summed E-state index contributed by atoms with van der Waals surface area (Å²) in [6.45, 7) is 5.75. The SMILES string of the molecule is Cc1ccc(CN2CCC[C@@]3(CCCN3S(C)(=O)=O)C2)s1. The van der Waals surface area contributed by atoms with Crippen molar-refractivity contribution in [2.24, 2.45) is 0 Å². The number of rotatable bonds is 3. The van der Waals surface area contributed by atoms with Crippen molar-refractivity contribution in [3.8, 4) is 0 Å². The van der Waals surface area contributed by atoms with Gasteiger partial charge in [0.2, 0.25) is 10.0 Å². The van der Waals surface area contributed by atoms with Gasteiger partial charge in [-0.3, -0.25) is 4.90 Å². The smallest absolute Gasteiger partial charge is 0.211 e. The molecule has 2 fully saturated rings. The Labute approximate surface area is 131 Å². The molecule has 118 valence electrons. The summed E-state index contributed by atoms with van der Waals surface area (Å²) < 4.78 is 26.0. The zero-order valence-electron chi connectivity index (χ0n) is 12.8. The summed E-state index contributed by atoms with van der Waals surface area (Å²) >= 11 is 1.85. The van der Waals surface area contributed by atoms with E-state index in [1.165, 1.54) is 16.0 Å². The molecule has 0 bridgehead atoms. The quantitative estimate of drug-likeness (QED) is 0.856. The van der Waals surface area contributed by atoms with Crippen LogP contribution in [0.3, 0.4) is 0 Å². The molecule has 0 radical (unpaired) electrons. The molecule has 4 nitrogen and oxygen atoms in total. The highest BCUT2D eigenvalue weighted by molar-refractivity contribution is 7.88. The van der Waals surface area contributed by atoms with E-state index in [2.05, 4.69) is 24.0 Å². The number of sulfonamides is 1. The molecule has 3 heterocycles. The molecule has 1 atom stereocenters. The number of hydrogen-bond acceptors (Lipinski definition) is 4. The third-order valence-corrected chi connectivity index (χ3v) is 7.10. The van der Waals surface area contributed by atoms with Crippen molar-refractivity contribution in [1.82, 2.24) is 9.21 Å². The van der Waals surface area contributed by atoms with E-state index in [9.17, 15) is 8.42 Å². The molecule has 0 saturated carbocycles. The van der Waals surface area contributed by atoms with Crippen LogP contribution in [0.5, 0.6) is 0 Å². The maximum Gasteiger partial charge on any atom is 0.211 e. The molecule has 1 spiro atoms. The number of piperidine rings is 1. The average molecular weight is 329 g/mol. The van der Waals surface area contributed by atoms with Gasteiger partial charge in [0.05, 0.1) is 6.26 Å². The minimum Gasteiger partial charge on any atom is -0.296 e. The van der Waals surface area contributed by atoms with Crippen molar-refractivity contribution in [1.29, 1.82) is 0 Å². The van der Waals surface area contributed by atoms with Crippen molar-refractivity contribution in [2.75, 3.05) is 25.9 Å². The van der Waals surface area contributed by atoms with Gasteiger partial charge in [0.25, 0.3) is 0 Å². The summed E-state index contributed by atoms with van der Waals surface area (Å²) in [7, 11) is -3.09. The zero-order valence-corrected chi connectivity index (χ0v) is 14.5. The lowest BCUT2D eigenvalue weighted by atomic mass is 9.87. The second-order valence-electron chi connectivity index (χ2n) is 6.49. The number of thiophene rings is 1. The zero-order chi connectivity index (χ0) is 15.1. The van der Waals surface area contributed by atoms with Gasteiger partial charge in [0.1, 0.15) is 0 Å². The summed E-state index contributed by atoms with van der Waals surface area (Å²) in [5, 5.41) is 0. The van der Waals surface area contributed by atoms with Crippen molar-refractivity contribution >= 4 is 21.4 Å². The molecule has 0 aliphatic carbocycles. The second-order valence-corrected chi connectivity index (χ2v) is 9.77. The van der Waals surface area contributed by atoms with E-state index in [0.29, 0.717) is 6.54 Å². The van der Waals surface area contributed by atoms with Crippen molar-refractivity contribution in [2.45, 2.75) is 44.7 Å². The first-order valence-corrected chi connectivity index (χ1v) is 10.3. The highest BCUT2D eigenvalue weighted by atomic mass is 32.2. The topological polar surface area (TPSA) is 40.6 Å². The van der Waals surface area contributed by atoms with E-state index in [0.717, 1.165) is 45.3 Å². The first-order valence-electron chi connectivity index (χ1n) is 7.65. The number of aryl methyl sites for hydroxylation is 1. The Hall–Kier alpha value is -0.430. The van der Waals surface area contributed by atoms with Gasteiger partial charge in [-0.05, 0) is 51.3 Å². The fourth-order valence-electron chi connectivity index (χ4n) is 3.97. The van der Waals surface area contributed by atoms with E-state index in [1.807, 2.05) is 11.3 Å². The van der Waals surface area contributed by atoms with Crippen LogP contribution in [0.25, 0.3) is 0 Å². The van der Waals surface area contributed by atoms with Gasteiger partial charge in [0, 0.05) is 34.9 Å². The Bertz CT molecular complexity index is 611. The Morgan fingerprint density at radius 1 is 1.24 bits per heavy atom. The number of hydrogen-bond donors (Lipinski definition) is 0. The molecule has 2 saturated heterocycles. The summed E-state index contributed by atoms with van der Waals surface area (Å²) in [5.41, 5.74) is -0.141. The lowest BCUT2D eigenvalue weighted by Gasteiger charge is -2.44. The van der Waals surface area contributed by atoms with Crippen LogP contribution in [-0.2, 0) is 16.6 Å². The molecular formula is C15H24N2O2S2. The minimum absolute atomic E-state index is 0.141. The minimum atomic E-state index is -3.09. The van der Waals surface area contributed by atoms with Gasteiger partial charge in [0.15, 0.2) is 0 Å². The summed E-state index contributed by atoms with van der Waals surface area (Å²) in [4.78, 5) is 5.17. The van der Waals surface area contributed by atoms with E-state index in [1.54, 1.807) is 4.31 Å². The monoisotopic (exact) mass is 328 g/mol. The van der Waals surface area contributed by atoms with Gasteiger partial charge >= 0.3 is 0 Å². The molecular weight excluding hydrogens is 304 g/mol. The molecule has 6 heteroatoms. The van der Waals surface area contributed by atoms with Crippen LogP contribution in [0, 0.1) is 6.92 Å². The fourth-order valence-corrected chi connectivity index (χ4v) is 6.31. The average Bonchev–Trinajstić information content (AvgIpc) is 2.96. The largest absolute Gasteiger partial charge is 0.296 e. The van der Waals surface area contributed by atoms with Gasteiger partial charge in [-0.1, -0.05) is 0 Å². The molecule has 2 aliphatic rings. The molecule has 3 rings (SSSR count). The highest BCUT2D eigenvalue weighted by Crippen LogP contribution is 2.39. The van der Waals surface area contributed by atoms with E-state index in [4.69, 9.17) is 0 Å². The number of likely N-dealkylation sites (tertiary alicyclic amines) is 1. The lowest BCUT2D eigenvalue weighted by molar-refractivity contribution is 0.0848. The lowest BCUT2D eigenvalue weighted by Crippen LogP contribution is -2.56. The van der Waals surface area contributed by atoms with Crippen LogP contribution < -0.4 is 0 Å². The van der Waals surface area contributed by atoms with Crippen molar-refractivity contribution < 1.29 is 8.42 Å². The van der Waals surface area contributed by atoms with Gasteiger partial charge in [-0.15, -0.1) is 11.3 Å². The normalized spacial score (nSPS) is 28.5. The Morgan fingerprint density at radius 3 is 2.57 bits per heavy atom. The maximum absolute atomic E-state index is 12.1. The Morgan fingerprint density at radius 2 is 1.95 bits per heavy atom. The van der Waals surface area contributed by atoms with Crippen LogP contribution in [0.15, 0.2) is 12.1 Å². The first-order chi connectivity index (χ1) is 9.89. The van der Waals surface area contributed by atoms with Crippen molar-refractivity contribution in [3.05, 3.63) is 21.9 Å². The predicted molar refractivity (Wildman–Crippen MR) is 87.1 cm³/mol. The molecule has 21 heavy (non-hydrogen) atoms. The summed E-state index contributed by atoms with van der Waals surface area (Å²) in [6, 6.07) is 4.36. The van der Waals surface area contributed by atoms with Crippen LogP contribution in [0.4, 0.5) is 0 Å². The van der Waals surface area contributed by atoms with Gasteiger partial charge in [-0.2, -0.15) is 4.31 Å². The van der Waals surface area contributed by atoms with Crippen LogP contribution in [-0.4, -0.2) is 49.1 Å². The fraction of sp³-hybridized carbons (Fsp3) is 0.733. The molecule has 0 unspecified atom stereocenters. The molecule has 0 aromatic carbocycles. The molecule has 1 aromatic rings. The third kappa shape index (κ3) is 3.18. The molecule has 0 N–H and O–H groups in total. The van der Waals surface area contributed by atoms with Gasteiger partial charge in [-0.25, -0.2) is 8.42 Å². The highest BCUT2D eigenvalue weighted by Gasteiger charge is 2.47. The molecule has 1 aromatic heterocycles. The standard InChI is InChI=1S/C15H24N2O2S2/c1-13-5-6-14(20-13)11-16-9-3-7-15(12-16)8-4-10-17(15)21(2,18)19/h5-6H,3-4,7-12H2,1-2H3/t15-/m1/s1. The van der Waals surface area contributed by atoms with Crippen molar-refractivity contribution in [3.63, 3.8) is 0 Å². The maximum atomic E-state index is 12.1. The number of nitrogens with zero attached hydrogens (tertiary/aromatic N) is 2. The third-order valence-electron chi connectivity index (χ3n) is 4.74. The van der Waals surface area contributed by atoms with Crippen LogP contribution in [0.2, 0.25) is 0 Å². The predicted octanol–water partition coefficient (Wildman–Crippen LogP) is 2.45. The molecule has 2 aliphatic heterocycles. The Balaban J connectivity index is 1.76. The molecule has 0 amide bonds. The van der Waals surface area contributed by atoms with E-state index < -0.39 is 10.0 Å². The van der Waals surface area contributed by atoms with Crippen LogP contribution >= 0.6 is 11.3 Å². The Kier molecular flexibility index (Phi) is 4.16. The summed E-state index contributed by atoms with van der Waals surface area (Å²) in [6.07, 6.45) is 5.48. The van der Waals surface area contributed by atoms with Gasteiger partial charge < -0.3 is 0 Å². The second kappa shape index (κ2) is 5.65. The van der Waals surface area contributed by atoms with E-state index in [-0.39, 0.29) is 5.54 Å². The first kappa shape index (κ1) is 15.5. The van der Waals surface area contributed by atoms with Crippen LogP contribution in [0.1, 0.15) is 35.4 Å².